The van der Waals surface area contributed by atoms with Crippen LogP contribution in [-0.4, -0.2) is 0 Å². The first-order valence-corrected chi connectivity index (χ1v) is 15.2. The summed E-state index contributed by atoms with van der Waals surface area (Å²) in [4.78, 5) is 2.48. The van der Waals surface area contributed by atoms with E-state index in [1.807, 2.05) is 0 Å². The Bertz CT molecular complexity index is 2410. The fourth-order valence-electron chi connectivity index (χ4n) is 7.32. The molecule has 43 heavy (non-hydrogen) atoms. The normalized spacial score (nSPS) is 11.9. The Morgan fingerprint density at radius 1 is 0.395 bits per heavy atom. The van der Waals surface area contributed by atoms with Gasteiger partial charge in [-0.2, -0.15) is 0 Å². The Morgan fingerprint density at radius 2 is 0.860 bits per heavy atom. The monoisotopic (exact) mass is 547 g/mol. The largest absolute Gasteiger partial charge is 0.309 e. The first-order valence-electron chi connectivity index (χ1n) is 15.2. The summed E-state index contributed by atoms with van der Waals surface area (Å²) in [6, 6.07) is 54.0. The van der Waals surface area contributed by atoms with Crippen LogP contribution < -0.4 is 4.90 Å². The molecule has 1 nitrogen and oxygen atoms in total. The zero-order valence-electron chi connectivity index (χ0n) is 24.0. The van der Waals surface area contributed by atoms with Gasteiger partial charge in [0.1, 0.15) is 0 Å². The average Bonchev–Trinajstić information content (AvgIpc) is 3.07. The lowest BCUT2D eigenvalue weighted by Gasteiger charge is -2.29. The van der Waals surface area contributed by atoms with Gasteiger partial charge in [0.05, 0.1) is 11.4 Å². The van der Waals surface area contributed by atoms with Crippen LogP contribution in [0.3, 0.4) is 0 Å². The number of anilines is 3. The summed E-state index contributed by atoms with van der Waals surface area (Å²) in [5.41, 5.74) is 4.91. The number of aryl methyl sites for hydroxylation is 1. The van der Waals surface area contributed by atoms with Crippen LogP contribution in [-0.2, 0) is 6.42 Å². The van der Waals surface area contributed by atoms with E-state index in [1.165, 1.54) is 81.6 Å². The molecule has 0 heterocycles. The molecular weight excluding hydrogens is 518 g/mol. The predicted molar refractivity (Wildman–Crippen MR) is 187 cm³/mol. The summed E-state index contributed by atoms with van der Waals surface area (Å²) in [6.07, 6.45) is 1.03. The number of fused-ring (bicyclic) bond motifs is 4. The Hall–Kier alpha value is -5.40. The Kier molecular flexibility index (Phi) is 5.24. The van der Waals surface area contributed by atoms with E-state index >= 15 is 0 Å². The van der Waals surface area contributed by atoms with Crippen molar-refractivity contribution in [1.29, 1.82) is 0 Å². The zero-order chi connectivity index (χ0) is 28.5. The molecule has 0 unspecified atom stereocenters. The number of hydrogen-bond acceptors (Lipinski definition) is 1. The maximum absolute atomic E-state index is 2.48. The van der Waals surface area contributed by atoms with Crippen molar-refractivity contribution in [3.05, 3.63) is 151 Å². The molecule has 0 aliphatic carbocycles. The predicted octanol–water partition coefficient (Wildman–Crippen LogP) is 12.1. The lowest BCUT2D eigenvalue weighted by Crippen LogP contribution is -2.11. The molecule has 202 valence electrons. The van der Waals surface area contributed by atoms with Gasteiger partial charge in [-0.15, -0.1) is 0 Å². The second kappa shape index (κ2) is 9.31. The molecule has 0 bridgehead atoms. The third-order valence-electron chi connectivity index (χ3n) is 9.26. The first-order chi connectivity index (χ1) is 21.3. The van der Waals surface area contributed by atoms with Gasteiger partial charge in [-0.1, -0.05) is 128 Å². The molecule has 9 aromatic rings. The van der Waals surface area contributed by atoms with Crippen molar-refractivity contribution in [2.24, 2.45) is 0 Å². The summed E-state index contributed by atoms with van der Waals surface area (Å²) < 4.78 is 0. The lowest BCUT2D eigenvalue weighted by molar-refractivity contribution is 1.15. The molecule has 0 aliphatic rings. The minimum atomic E-state index is 1.03. The minimum absolute atomic E-state index is 1.03. The third kappa shape index (κ3) is 3.58. The number of rotatable bonds is 4. The highest BCUT2D eigenvalue weighted by Crippen LogP contribution is 2.47. The van der Waals surface area contributed by atoms with Crippen LogP contribution >= 0.6 is 0 Å². The van der Waals surface area contributed by atoms with Crippen molar-refractivity contribution in [3.63, 3.8) is 0 Å². The molecule has 0 N–H and O–H groups in total. The van der Waals surface area contributed by atoms with Crippen molar-refractivity contribution in [2.75, 3.05) is 4.90 Å². The molecule has 1 heteroatoms. The minimum Gasteiger partial charge on any atom is -0.309 e. The standard InChI is InChI=1S/C42H29N/c1-2-27-23-30-15-7-20-36-38-26-32(25-31-16-8-19-35(42(31)38)37(24-27)41(30)36)43(39-21-9-13-28-11-3-5-17-33(28)39)40-22-10-14-29-12-4-6-18-34(29)40/h3-26H,2H2,1H3. The van der Waals surface area contributed by atoms with Gasteiger partial charge < -0.3 is 4.90 Å². The van der Waals surface area contributed by atoms with E-state index in [4.69, 9.17) is 0 Å². The van der Waals surface area contributed by atoms with Crippen molar-refractivity contribution in [2.45, 2.75) is 13.3 Å². The fourth-order valence-corrected chi connectivity index (χ4v) is 7.32. The SMILES string of the molecule is CCc1cc2cccc3c4cc(N(c5cccc6ccccc56)c5cccc6ccccc56)cc5cccc(c(c1)c23)c54. The average molecular weight is 548 g/mol. The fraction of sp³-hybridized carbons (Fsp3) is 0.0476. The highest BCUT2D eigenvalue weighted by Gasteiger charge is 2.21. The van der Waals surface area contributed by atoms with Crippen molar-refractivity contribution in [3.8, 4) is 0 Å². The van der Waals surface area contributed by atoms with E-state index in [2.05, 4.69) is 157 Å². The summed E-state index contributed by atoms with van der Waals surface area (Å²) in [5.74, 6) is 0. The first kappa shape index (κ1) is 24.2. The summed E-state index contributed by atoms with van der Waals surface area (Å²) >= 11 is 0. The second-order valence-electron chi connectivity index (χ2n) is 11.6. The lowest BCUT2D eigenvalue weighted by atomic mass is 9.88. The molecule has 9 rings (SSSR count). The van der Waals surface area contributed by atoms with Gasteiger partial charge in [-0.05, 0) is 90.1 Å². The molecule has 0 aliphatic heterocycles. The molecule has 0 amide bonds. The summed E-state index contributed by atoms with van der Waals surface area (Å²) in [6.45, 7) is 2.25. The Morgan fingerprint density at radius 3 is 1.47 bits per heavy atom. The van der Waals surface area contributed by atoms with Crippen LogP contribution in [0.5, 0.6) is 0 Å². The third-order valence-corrected chi connectivity index (χ3v) is 9.26. The molecule has 0 radical (unpaired) electrons. The van der Waals surface area contributed by atoms with Gasteiger partial charge in [0.15, 0.2) is 0 Å². The highest BCUT2D eigenvalue weighted by molar-refractivity contribution is 6.33. The van der Waals surface area contributed by atoms with Gasteiger partial charge in [0, 0.05) is 16.5 Å². The van der Waals surface area contributed by atoms with Crippen LogP contribution in [0.15, 0.2) is 146 Å². The smallest absolute Gasteiger partial charge is 0.0540 e. The van der Waals surface area contributed by atoms with Crippen LogP contribution in [0.25, 0.3) is 64.6 Å². The van der Waals surface area contributed by atoms with Gasteiger partial charge >= 0.3 is 0 Å². The van der Waals surface area contributed by atoms with Gasteiger partial charge in [-0.25, -0.2) is 0 Å². The van der Waals surface area contributed by atoms with Crippen LogP contribution in [0, 0.1) is 0 Å². The van der Waals surface area contributed by atoms with E-state index in [0.29, 0.717) is 0 Å². The number of hydrogen-bond donors (Lipinski definition) is 0. The molecule has 0 atom stereocenters. The Balaban J connectivity index is 1.44. The van der Waals surface area contributed by atoms with E-state index in [0.717, 1.165) is 12.1 Å². The molecule has 0 spiro atoms. The summed E-state index contributed by atoms with van der Waals surface area (Å²) in [7, 11) is 0. The molecular formula is C42H29N. The topological polar surface area (TPSA) is 3.24 Å². The van der Waals surface area contributed by atoms with Crippen LogP contribution in [0.2, 0.25) is 0 Å². The number of benzene rings is 9. The van der Waals surface area contributed by atoms with Crippen LogP contribution in [0.1, 0.15) is 12.5 Å². The van der Waals surface area contributed by atoms with Crippen LogP contribution in [0.4, 0.5) is 17.1 Å². The zero-order valence-corrected chi connectivity index (χ0v) is 24.0. The number of nitrogens with zero attached hydrogens (tertiary/aromatic N) is 1. The maximum atomic E-state index is 2.48. The van der Waals surface area contributed by atoms with E-state index in [1.54, 1.807) is 0 Å². The molecule has 0 saturated heterocycles. The maximum Gasteiger partial charge on any atom is 0.0540 e. The van der Waals surface area contributed by atoms with Crippen molar-refractivity contribution < 1.29 is 0 Å². The molecule has 0 aromatic heterocycles. The Labute approximate surface area is 250 Å². The molecule has 0 saturated carbocycles. The van der Waals surface area contributed by atoms with Gasteiger partial charge in [0.2, 0.25) is 0 Å². The van der Waals surface area contributed by atoms with E-state index in [9.17, 15) is 0 Å². The van der Waals surface area contributed by atoms with E-state index < -0.39 is 0 Å². The quantitative estimate of drug-likeness (QED) is 0.156. The van der Waals surface area contributed by atoms with Gasteiger partial charge in [-0.3, -0.25) is 0 Å². The second-order valence-corrected chi connectivity index (χ2v) is 11.6. The molecule has 9 aromatic carbocycles. The van der Waals surface area contributed by atoms with Gasteiger partial charge in [0.25, 0.3) is 0 Å². The highest BCUT2D eigenvalue weighted by atomic mass is 15.1. The molecule has 0 fully saturated rings. The van der Waals surface area contributed by atoms with Crippen molar-refractivity contribution in [1.82, 2.24) is 0 Å². The van der Waals surface area contributed by atoms with Crippen molar-refractivity contribution >= 4 is 81.7 Å². The summed E-state index contributed by atoms with van der Waals surface area (Å²) in [5, 5.41) is 15.5. The van der Waals surface area contributed by atoms with E-state index in [-0.39, 0.29) is 0 Å².